The third-order valence-corrected chi connectivity index (χ3v) is 5.85. The monoisotopic (exact) mass is 325 g/mol. The summed E-state index contributed by atoms with van der Waals surface area (Å²) < 4.78 is 1.79. The summed E-state index contributed by atoms with van der Waals surface area (Å²) in [5.74, 6) is 1.21. The van der Waals surface area contributed by atoms with Crippen molar-refractivity contribution in [3.8, 4) is 5.69 Å². The Morgan fingerprint density at radius 3 is 2.79 bits per heavy atom. The molecule has 2 aliphatic rings. The number of hydrogen-bond donors (Lipinski definition) is 2. The van der Waals surface area contributed by atoms with E-state index in [4.69, 9.17) is 0 Å². The Kier molecular flexibility index (Phi) is 3.88. The number of amides is 1. The van der Waals surface area contributed by atoms with Gasteiger partial charge in [0.15, 0.2) is 0 Å². The highest BCUT2D eigenvalue weighted by molar-refractivity contribution is 5.95. The van der Waals surface area contributed by atoms with Gasteiger partial charge in [0.05, 0.1) is 23.1 Å². The minimum atomic E-state index is -0.0781. The number of benzene rings is 1. The minimum absolute atomic E-state index is 0.0781. The molecule has 2 N–H and O–H groups in total. The molecular formula is C19H23N3O2. The standard InChI is InChI=1S/C19H23N3O2/c1-12-16(10-20-22(12)15-5-3-2-4-6-15)19(24)21-18-14-8-7-13(9-14)17(18)11-23/h2-6,10,13-14,17-18,23H,7-9,11H2,1H3,(H,21,24). The van der Waals surface area contributed by atoms with E-state index in [0.29, 0.717) is 17.4 Å². The fourth-order valence-corrected chi connectivity index (χ4v) is 4.59. The van der Waals surface area contributed by atoms with Gasteiger partial charge in [0, 0.05) is 18.6 Å². The highest BCUT2D eigenvalue weighted by Crippen LogP contribution is 2.48. The molecule has 5 nitrogen and oxygen atoms in total. The first kappa shape index (κ1) is 15.4. The molecule has 0 saturated heterocycles. The highest BCUT2D eigenvalue weighted by atomic mass is 16.3. The van der Waals surface area contributed by atoms with E-state index in [2.05, 4.69) is 10.4 Å². The van der Waals surface area contributed by atoms with Gasteiger partial charge < -0.3 is 10.4 Å². The van der Waals surface area contributed by atoms with E-state index < -0.39 is 0 Å². The van der Waals surface area contributed by atoms with Crippen LogP contribution in [0.2, 0.25) is 0 Å². The van der Waals surface area contributed by atoms with Crippen molar-refractivity contribution >= 4 is 5.91 Å². The Labute approximate surface area is 141 Å². The summed E-state index contributed by atoms with van der Waals surface area (Å²) in [6.45, 7) is 2.08. The molecule has 0 radical (unpaired) electrons. The van der Waals surface area contributed by atoms with E-state index in [1.807, 2.05) is 37.3 Å². The number of nitrogens with one attached hydrogen (secondary N) is 1. The average molecular weight is 325 g/mol. The van der Waals surface area contributed by atoms with Gasteiger partial charge in [-0.3, -0.25) is 4.79 Å². The summed E-state index contributed by atoms with van der Waals surface area (Å²) in [4.78, 5) is 12.8. The van der Waals surface area contributed by atoms with E-state index in [-0.39, 0.29) is 24.5 Å². The number of fused-ring (bicyclic) bond motifs is 2. The number of nitrogens with zero attached hydrogens (tertiary/aromatic N) is 2. The molecule has 126 valence electrons. The zero-order chi connectivity index (χ0) is 16.7. The summed E-state index contributed by atoms with van der Waals surface area (Å²) in [6.07, 6.45) is 5.12. The molecule has 0 aliphatic heterocycles. The fourth-order valence-electron chi connectivity index (χ4n) is 4.59. The van der Waals surface area contributed by atoms with Crippen molar-refractivity contribution in [1.82, 2.24) is 15.1 Å². The molecule has 2 aromatic rings. The first-order valence-corrected chi connectivity index (χ1v) is 8.71. The zero-order valence-electron chi connectivity index (χ0n) is 13.9. The van der Waals surface area contributed by atoms with Crippen LogP contribution in [0.4, 0.5) is 0 Å². The van der Waals surface area contributed by atoms with Crippen LogP contribution < -0.4 is 5.32 Å². The Morgan fingerprint density at radius 2 is 2.04 bits per heavy atom. The minimum Gasteiger partial charge on any atom is -0.396 e. The third-order valence-electron chi connectivity index (χ3n) is 5.85. The lowest BCUT2D eigenvalue weighted by Crippen LogP contribution is -2.45. The van der Waals surface area contributed by atoms with Crippen molar-refractivity contribution in [2.45, 2.75) is 32.2 Å². The van der Waals surface area contributed by atoms with Gasteiger partial charge in [-0.2, -0.15) is 5.10 Å². The Morgan fingerprint density at radius 1 is 1.29 bits per heavy atom. The molecule has 4 atom stereocenters. The first-order valence-electron chi connectivity index (χ1n) is 8.71. The molecule has 1 aromatic heterocycles. The second kappa shape index (κ2) is 6.06. The van der Waals surface area contributed by atoms with Crippen molar-refractivity contribution in [2.24, 2.45) is 17.8 Å². The van der Waals surface area contributed by atoms with Gasteiger partial charge in [-0.05, 0) is 50.2 Å². The summed E-state index contributed by atoms with van der Waals surface area (Å²) in [5.41, 5.74) is 2.39. The maximum Gasteiger partial charge on any atom is 0.254 e. The smallest absolute Gasteiger partial charge is 0.254 e. The van der Waals surface area contributed by atoms with Gasteiger partial charge in [0.25, 0.3) is 5.91 Å². The molecule has 1 amide bonds. The van der Waals surface area contributed by atoms with Crippen LogP contribution in [0.25, 0.3) is 5.69 Å². The van der Waals surface area contributed by atoms with E-state index in [0.717, 1.165) is 24.2 Å². The van der Waals surface area contributed by atoms with Crippen molar-refractivity contribution in [1.29, 1.82) is 0 Å². The molecule has 2 fully saturated rings. The van der Waals surface area contributed by atoms with Crippen LogP contribution in [-0.4, -0.2) is 33.4 Å². The largest absolute Gasteiger partial charge is 0.396 e. The van der Waals surface area contributed by atoms with Crippen LogP contribution >= 0.6 is 0 Å². The second-order valence-electron chi connectivity index (χ2n) is 7.07. The van der Waals surface area contributed by atoms with Crippen molar-refractivity contribution < 1.29 is 9.90 Å². The van der Waals surface area contributed by atoms with E-state index in [1.165, 1.54) is 6.42 Å². The Balaban J connectivity index is 1.54. The molecule has 4 unspecified atom stereocenters. The quantitative estimate of drug-likeness (QED) is 0.906. The van der Waals surface area contributed by atoms with Crippen LogP contribution in [-0.2, 0) is 0 Å². The molecule has 0 spiro atoms. The summed E-state index contributed by atoms with van der Waals surface area (Å²) in [6, 6.07) is 9.91. The summed E-state index contributed by atoms with van der Waals surface area (Å²) in [5, 5.41) is 17.2. The molecular weight excluding hydrogens is 302 g/mol. The summed E-state index contributed by atoms with van der Waals surface area (Å²) in [7, 11) is 0. The molecule has 24 heavy (non-hydrogen) atoms. The number of hydrogen-bond acceptors (Lipinski definition) is 3. The number of carbonyl (C=O) groups excluding carboxylic acids is 1. The predicted molar refractivity (Wildman–Crippen MR) is 91.0 cm³/mol. The van der Waals surface area contributed by atoms with Gasteiger partial charge in [0.1, 0.15) is 0 Å². The second-order valence-corrected chi connectivity index (χ2v) is 7.07. The van der Waals surface area contributed by atoms with Gasteiger partial charge in [-0.25, -0.2) is 4.68 Å². The van der Waals surface area contributed by atoms with Gasteiger partial charge in [0.2, 0.25) is 0 Å². The average Bonchev–Trinajstić information content (AvgIpc) is 3.30. The normalized spacial score (nSPS) is 28.2. The SMILES string of the molecule is Cc1c(C(=O)NC2C3CCC(C3)C2CO)cnn1-c1ccccc1. The van der Waals surface area contributed by atoms with E-state index in [9.17, 15) is 9.90 Å². The Hall–Kier alpha value is -2.14. The topological polar surface area (TPSA) is 67.2 Å². The van der Waals surface area contributed by atoms with Crippen LogP contribution in [0.3, 0.4) is 0 Å². The van der Waals surface area contributed by atoms with E-state index >= 15 is 0 Å². The third kappa shape index (κ3) is 2.44. The van der Waals surface area contributed by atoms with Crippen LogP contribution in [0.1, 0.15) is 35.3 Å². The van der Waals surface area contributed by atoms with Crippen LogP contribution in [0.5, 0.6) is 0 Å². The van der Waals surface area contributed by atoms with Gasteiger partial charge >= 0.3 is 0 Å². The van der Waals surface area contributed by atoms with Crippen molar-refractivity contribution in [3.05, 3.63) is 47.8 Å². The molecule has 5 heteroatoms. The number of aromatic nitrogens is 2. The van der Waals surface area contributed by atoms with Crippen molar-refractivity contribution in [3.63, 3.8) is 0 Å². The number of para-hydroxylation sites is 1. The number of carbonyl (C=O) groups is 1. The molecule has 1 aromatic carbocycles. The predicted octanol–water partition coefficient (Wildman–Crippen LogP) is 2.32. The first-order chi connectivity index (χ1) is 11.7. The number of rotatable bonds is 4. The molecule has 2 bridgehead atoms. The lowest BCUT2D eigenvalue weighted by Gasteiger charge is -2.30. The molecule has 4 rings (SSSR count). The number of aliphatic hydroxyl groups is 1. The fraction of sp³-hybridized carbons (Fsp3) is 0.474. The molecule has 2 aliphatic carbocycles. The maximum absolute atomic E-state index is 12.8. The summed E-state index contributed by atoms with van der Waals surface area (Å²) >= 11 is 0. The van der Waals surface area contributed by atoms with Crippen molar-refractivity contribution in [2.75, 3.05) is 6.61 Å². The van der Waals surface area contributed by atoms with Gasteiger partial charge in [-0.15, -0.1) is 0 Å². The Bertz CT molecular complexity index is 740. The molecule has 1 heterocycles. The lowest BCUT2D eigenvalue weighted by atomic mass is 9.85. The lowest BCUT2D eigenvalue weighted by molar-refractivity contribution is 0.0861. The molecule has 2 saturated carbocycles. The number of aliphatic hydroxyl groups excluding tert-OH is 1. The highest BCUT2D eigenvalue weighted by Gasteiger charge is 2.47. The zero-order valence-corrected chi connectivity index (χ0v) is 13.9. The van der Waals surface area contributed by atoms with Crippen LogP contribution in [0, 0.1) is 24.7 Å². The van der Waals surface area contributed by atoms with E-state index in [1.54, 1.807) is 10.9 Å². The maximum atomic E-state index is 12.8. The van der Waals surface area contributed by atoms with Gasteiger partial charge in [-0.1, -0.05) is 18.2 Å². The van der Waals surface area contributed by atoms with Crippen LogP contribution in [0.15, 0.2) is 36.5 Å².